The van der Waals surface area contributed by atoms with E-state index in [1.165, 1.54) is 0 Å². The normalized spacial score (nSPS) is 16.1. The summed E-state index contributed by atoms with van der Waals surface area (Å²) in [6.07, 6.45) is 0.471. The summed E-state index contributed by atoms with van der Waals surface area (Å²) in [5.74, 6) is -0.132. The van der Waals surface area contributed by atoms with Crippen molar-refractivity contribution < 1.29 is 48.7 Å². The van der Waals surface area contributed by atoms with E-state index in [-0.39, 0.29) is 36.7 Å². The Morgan fingerprint density at radius 1 is 1.43 bits per heavy atom. The minimum Gasteiger partial charge on any atom is -1.00 e. The summed E-state index contributed by atoms with van der Waals surface area (Å²) >= 11 is 0. The van der Waals surface area contributed by atoms with Gasteiger partial charge in [0.15, 0.2) is 0 Å². The van der Waals surface area contributed by atoms with Gasteiger partial charge in [0.05, 0.1) is 19.0 Å². The van der Waals surface area contributed by atoms with Crippen molar-refractivity contribution in [1.82, 2.24) is 5.32 Å². The quantitative estimate of drug-likeness (QED) is 0.394. The Morgan fingerprint density at radius 2 is 1.93 bits per heavy atom. The third kappa shape index (κ3) is 15.3. The van der Waals surface area contributed by atoms with E-state index in [0.717, 1.165) is 26.3 Å². The molecule has 14 heavy (non-hydrogen) atoms. The van der Waals surface area contributed by atoms with Gasteiger partial charge < -0.3 is 11.5 Å². The number of morpholine rings is 1. The number of rotatable bonds is 2. The fourth-order valence-electron chi connectivity index (χ4n) is 0.774. The summed E-state index contributed by atoms with van der Waals surface area (Å²) in [4.78, 5) is 0. The van der Waals surface area contributed by atoms with Crippen molar-refractivity contribution in [3.63, 3.8) is 0 Å². The topological polar surface area (TPSA) is 75.6 Å². The molecule has 1 rings (SSSR count). The molecule has 2 N–H and O–H groups in total. The van der Waals surface area contributed by atoms with Crippen molar-refractivity contribution in [2.75, 3.05) is 32.1 Å². The van der Waals surface area contributed by atoms with Crippen molar-refractivity contribution in [3.05, 3.63) is 0 Å². The van der Waals surface area contributed by atoms with E-state index >= 15 is 0 Å². The van der Waals surface area contributed by atoms with E-state index < -0.39 is 10.1 Å². The second-order valence-electron chi connectivity index (χ2n) is 2.65. The number of hydrogen-bond acceptors (Lipinski definition) is 4. The van der Waals surface area contributed by atoms with E-state index in [0.29, 0.717) is 6.42 Å². The maximum atomic E-state index is 9.79. The molecule has 0 unspecified atom stereocenters. The largest absolute Gasteiger partial charge is 1.00 e. The number of ether oxygens (including phenoxy) is 1. The molecule has 0 spiro atoms. The molecule has 1 aliphatic rings. The van der Waals surface area contributed by atoms with Gasteiger partial charge in [0.25, 0.3) is 10.1 Å². The molecule has 0 radical (unpaired) electrons. The minimum absolute atomic E-state index is 0. The number of nitrogens with one attached hydrogen (secondary N) is 1. The van der Waals surface area contributed by atoms with Crippen molar-refractivity contribution in [3.8, 4) is 0 Å². The Kier molecular flexibility index (Phi) is 12.7. The van der Waals surface area contributed by atoms with Crippen molar-refractivity contribution in [2.45, 2.75) is 13.3 Å². The van der Waals surface area contributed by atoms with Gasteiger partial charge in [0, 0.05) is 13.1 Å². The first kappa shape index (κ1) is 17.2. The maximum absolute atomic E-state index is 9.79. The minimum atomic E-state index is -3.67. The summed E-state index contributed by atoms with van der Waals surface area (Å²) in [6.45, 7) is 5.52. The first-order valence-corrected chi connectivity index (χ1v) is 5.91. The van der Waals surface area contributed by atoms with Crippen LogP contribution >= 0.6 is 0 Å². The maximum Gasteiger partial charge on any atom is 1.00 e. The van der Waals surface area contributed by atoms with E-state index in [2.05, 4.69) is 5.32 Å². The first-order valence-electron chi connectivity index (χ1n) is 4.30. The standard InChI is InChI=1S/C4H9NO.C3H8O3S.Na.H/c1-3-6-4-2-5-1;1-2-3-7(4,5)6;;/h5H,1-4H2;2-3H2,1H3,(H,4,5,6);;/q;;+1;-1. The second-order valence-corrected chi connectivity index (χ2v) is 4.22. The molecule has 0 aliphatic carbocycles. The van der Waals surface area contributed by atoms with Gasteiger partial charge in [-0.05, 0) is 6.42 Å². The molecular formula is C7H18NNaO4S. The van der Waals surface area contributed by atoms with Gasteiger partial charge in [-0.1, -0.05) is 6.92 Å². The van der Waals surface area contributed by atoms with Crippen LogP contribution in [-0.2, 0) is 14.9 Å². The molecule has 82 valence electrons. The third-order valence-electron chi connectivity index (χ3n) is 1.31. The van der Waals surface area contributed by atoms with Crippen molar-refractivity contribution in [2.24, 2.45) is 0 Å². The fraction of sp³-hybridized carbons (Fsp3) is 1.00. The van der Waals surface area contributed by atoms with Crippen molar-refractivity contribution >= 4 is 10.1 Å². The van der Waals surface area contributed by atoms with Crippen LogP contribution in [0.3, 0.4) is 0 Å². The van der Waals surface area contributed by atoms with Gasteiger partial charge >= 0.3 is 29.6 Å². The molecule has 0 aromatic heterocycles. The van der Waals surface area contributed by atoms with E-state index in [4.69, 9.17) is 9.29 Å². The van der Waals surface area contributed by atoms with E-state index in [1.54, 1.807) is 6.92 Å². The zero-order chi connectivity index (χ0) is 10.2. The van der Waals surface area contributed by atoms with Crippen LogP contribution in [0.4, 0.5) is 0 Å². The molecule has 1 saturated heterocycles. The van der Waals surface area contributed by atoms with Gasteiger partial charge in [-0.25, -0.2) is 0 Å². The second kappa shape index (κ2) is 10.4. The third-order valence-corrected chi connectivity index (χ3v) is 2.23. The predicted octanol–water partition coefficient (Wildman–Crippen LogP) is -2.99. The van der Waals surface area contributed by atoms with E-state index in [1.807, 2.05) is 0 Å². The number of hydrogen-bond donors (Lipinski definition) is 2. The first-order chi connectivity index (χ1) is 6.06. The van der Waals surface area contributed by atoms with Gasteiger partial charge in [0.1, 0.15) is 0 Å². The van der Waals surface area contributed by atoms with Crippen LogP contribution in [0.2, 0.25) is 0 Å². The smallest absolute Gasteiger partial charge is 1.00 e. The molecule has 0 amide bonds. The average molecular weight is 235 g/mol. The van der Waals surface area contributed by atoms with Crippen LogP contribution in [0.1, 0.15) is 14.8 Å². The van der Waals surface area contributed by atoms with Crippen LogP contribution in [0.5, 0.6) is 0 Å². The molecule has 0 bridgehead atoms. The molecule has 1 fully saturated rings. The average Bonchev–Trinajstić information content (AvgIpc) is 2.06. The van der Waals surface area contributed by atoms with Gasteiger partial charge in [-0.2, -0.15) is 8.42 Å². The Bertz CT molecular complexity index is 198. The molecule has 0 aromatic rings. The molecule has 7 heteroatoms. The molecule has 0 saturated carbocycles. The van der Waals surface area contributed by atoms with Crippen LogP contribution in [-0.4, -0.2) is 45.0 Å². The van der Waals surface area contributed by atoms with Gasteiger partial charge in [-0.15, -0.1) is 0 Å². The van der Waals surface area contributed by atoms with E-state index in [9.17, 15) is 8.42 Å². The fourth-order valence-corrected chi connectivity index (χ4v) is 1.29. The molecule has 0 aromatic carbocycles. The van der Waals surface area contributed by atoms with Crippen LogP contribution in [0, 0.1) is 0 Å². The predicted molar refractivity (Wildman–Crippen MR) is 51.5 cm³/mol. The molecule has 1 aliphatic heterocycles. The Morgan fingerprint density at radius 3 is 2.00 bits per heavy atom. The van der Waals surface area contributed by atoms with Gasteiger partial charge in [0.2, 0.25) is 0 Å². The zero-order valence-electron chi connectivity index (χ0n) is 9.82. The Labute approximate surface area is 109 Å². The van der Waals surface area contributed by atoms with Crippen LogP contribution < -0.4 is 34.9 Å². The molecule has 0 atom stereocenters. The molecular weight excluding hydrogens is 217 g/mol. The van der Waals surface area contributed by atoms with Gasteiger partial charge in [-0.3, -0.25) is 4.55 Å². The van der Waals surface area contributed by atoms with Crippen LogP contribution in [0.15, 0.2) is 0 Å². The SMILES string of the molecule is C1COCCN1.CCCS(=O)(=O)O.[H-].[Na+]. The summed E-state index contributed by atoms with van der Waals surface area (Å²) in [5, 5.41) is 3.16. The summed E-state index contributed by atoms with van der Waals surface area (Å²) < 4.78 is 32.6. The summed E-state index contributed by atoms with van der Waals surface area (Å²) in [7, 11) is -3.67. The molecule has 5 nitrogen and oxygen atoms in total. The van der Waals surface area contributed by atoms with Crippen LogP contribution in [0.25, 0.3) is 0 Å². The Hall–Kier alpha value is 0.830. The van der Waals surface area contributed by atoms with Crippen molar-refractivity contribution in [1.29, 1.82) is 0 Å². The Balaban J connectivity index is -0.000000170. The summed E-state index contributed by atoms with van der Waals surface area (Å²) in [5.41, 5.74) is 0. The monoisotopic (exact) mass is 235 g/mol. The summed E-state index contributed by atoms with van der Waals surface area (Å²) in [6, 6.07) is 0. The zero-order valence-corrected chi connectivity index (χ0v) is 11.6. The molecule has 1 heterocycles.